The molecule has 0 N–H and O–H groups in total. The fourth-order valence-corrected chi connectivity index (χ4v) is 3.78. The first-order chi connectivity index (χ1) is 6.27. The predicted octanol–water partition coefficient (Wildman–Crippen LogP) is 1.58. The fraction of sp³-hybridized carbons (Fsp3) is 0.818. The SMILES string of the molecule is O=C1CC2C(=O)CC3CCCC1C32. The Morgan fingerprint density at radius 1 is 0.923 bits per heavy atom. The van der Waals surface area contributed by atoms with E-state index in [2.05, 4.69) is 0 Å². The second kappa shape index (κ2) is 2.43. The van der Waals surface area contributed by atoms with Crippen molar-refractivity contribution in [3.8, 4) is 0 Å². The van der Waals surface area contributed by atoms with E-state index in [1.807, 2.05) is 0 Å². The van der Waals surface area contributed by atoms with E-state index >= 15 is 0 Å². The number of hydrogen-bond acceptors (Lipinski definition) is 2. The Labute approximate surface area is 77.7 Å². The maximum absolute atomic E-state index is 11.6. The van der Waals surface area contributed by atoms with Crippen LogP contribution in [-0.4, -0.2) is 11.6 Å². The molecule has 2 nitrogen and oxygen atoms in total. The van der Waals surface area contributed by atoms with Gasteiger partial charge in [0.05, 0.1) is 0 Å². The molecule has 0 aromatic heterocycles. The van der Waals surface area contributed by atoms with Crippen molar-refractivity contribution in [2.75, 3.05) is 0 Å². The Hall–Kier alpha value is -0.660. The van der Waals surface area contributed by atoms with Gasteiger partial charge in [0.1, 0.15) is 11.6 Å². The minimum Gasteiger partial charge on any atom is -0.299 e. The number of Topliss-reactive ketones (excluding diaryl/α,β-unsaturated/α-hetero) is 2. The van der Waals surface area contributed by atoms with Gasteiger partial charge in [-0.05, 0) is 24.7 Å². The molecule has 13 heavy (non-hydrogen) atoms. The summed E-state index contributed by atoms with van der Waals surface area (Å²) in [6.07, 6.45) is 4.77. The van der Waals surface area contributed by atoms with Crippen LogP contribution in [0.15, 0.2) is 0 Å². The standard InChI is InChI=1S/C11H14O2/c12-9-4-6-2-1-3-7-10(13)5-8(9)11(6)7/h6-8,11H,1-5H2. The monoisotopic (exact) mass is 178 g/mol. The zero-order valence-electron chi connectivity index (χ0n) is 7.66. The van der Waals surface area contributed by atoms with Crippen LogP contribution in [0.2, 0.25) is 0 Å². The second-order valence-corrected chi connectivity index (χ2v) is 4.82. The predicted molar refractivity (Wildman–Crippen MR) is 47.1 cm³/mol. The molecule has 0 spiro atoms. The smallest absolute Gasteiger partial charge is 0.137 e. The molecule has 3 fully saturated rings. The van der Waals surface area contributed by atoms with Crippen LogP contribution in [0.4, 0.5) is 0 Å². The lowest BCUT2D eigenvalue weighted by Crippen LogP contribution is -2.25. The quantitative estimate of drug-likeness (QED) is 0.564. The topological polar surface area (TPSA) is 34.1 Å². The van der Waals surface area contributed by atoms with E-state index < -0.39 is 0 Å². The van der Waals surface area contributed by atoms with Crippen molar-refractivity contribution in [2.45, 2.75) is 32.1 Å². The van der Waals surface area contributed by atoms with E-state index in [1.165, 1.54) is 6.42 Å². The molecule has 0 radical (unpaired) electrons. The molecule has 0 aromatic rings. The van der Waals surface area contributed by atoms with Gasteiger partial charge in [-0.15, -0.1) is 0 Å². The van der Waals surface area contributed by atoms with Crippen molar-refractivity contribution < 1.29 is 9.59 Å². The Morgan fingerprint density at radius 2 is 1.69 bits per heavy atom. The van der Waals surface area contributed by atoms with Crippen molar-refractivity contribution in [1.82, 2.24) is 0 Å². The third-order valence-electron chi connectivity index (χ3n) is 4.28. The van der Waals surface area contributed by atoms with E-state index in [0.29, 0.717) is 29.8 Å². The van der Waals surface area contributed by atoms with Crippen LogP contribution >= 0.6 is 0 Å². The van der Waals surface area contributed by atoms with E-state index in [9.17, 15) is 9.59 Å². The summed E-state index contributed by atoms with van der Waals surface area (Å²) in [5.41, 5.74) is 0. The van der Waals surface area contributed by atoms with Crippen molar-refractivity contribution in [3.05, 3.63) is 0 Å². The van der Waals surface area contributed by atoms with Gasteiger partial charge < -0.3 is 0 Å². The van der Waals surface area contributed by atoms with Crippen LogP contribution < -0.4 is 0 Å². The minimum absolute atomic E-state index is 0.141. The van der Waals surface area contributed by atoms with Crippen LogP contribution in [0.25, 0.3) is 0 Å². The third-order valence-corrected chi connectivity index (χ3v) is 4.28. The number of carbonyl (C=O) groups excluding carboxylic acids is 2. The van der Waals surface area contributed by atoms with Gasteiger partial charge in [-0.25, -0.2) is 0 Å². The molecule has 0 heterocycles. The molecule has 3 saturated carbocycles. The lowest BCUT2D eigenvalue weighted by molar-refractivity contribution is -0.125. The number of rotatable bonds is 0. The number of ketones is 2. The van der Waals surface area contributed by atoms with Crippen molar-refractivity contribution in [2.24, 2.45) is 23.7 Å². The number of hydrogen-bond donors (Lipinski definition) is 0. The first-order valence-electron chi connectivity index (χ1n) is 5.33. The van der Waals surface area contributed by atoms with Gasteiger partial charge in [-0.1, -0.05) is 6.42 Å². The minimum atomic E-state index is 0.141. The second-order valence-electron chi connectivity index (χ2n) is 4.82. The summed E-state index contributed by atoms with van der Waals surface area (Å²) in [5, 5.41) is 0. The van der Waals surface area contributed by atoms with Crippen LogP contribution in [0.3, 0.4) is 0 Å². The third kappa shape index (κ3) is 0.890. The Morgan fingerprint density at radius 3 is 2.54 bits per heavy atom. The van der Waals surface area contributed by atoms with Gasteiger partial charge >= 0.3 is 0 Å². The van der Waals surface area contributed by atoms with Gasteiger partial charge in [0.2, 0.25) is 0 Å². The molecular formula is C11H14O2. The van der Waals surface area contributed by atoms with Gasteiger partial charge in [0, 0.05) is 24.7 Å². The van der Waals surface area contributed by atoms with Gasteiger partial charge in [0.15, 0.2) is 0 Å². The molecule has 0 aromatic carbocycles. The summed E-state index contributed by atoms with van der Waals surface area (Å²) in [4.78, 5) is 23.2. The van der Waals surface area contributed by atoms with E-state index in [1.54, 1.807) is 0 Å². The highest BCUT2D eigenvalue weighted by Crippen LogP contribution is 2.53. The largest absolute Gasteiger partial charge is 0.299 e. The molecule has 3 aliphatic carbocycles. The molecule has 0 bridgehead atoms. The fourth-order valence-electron chi connectivity index (χ4n) is 3.78. The highest BCUT2D eigenvalue weighted by molar-refractivity contribution is 5.95. The lowest BCUT2D eigenvalue weighted by Gasteiger charge is -2.29. The van der Waals surface area contributed by atoms with E-state index in [0.717, 1.165) is 19.3 Å². The van der Waals surface area contributed by atoms with E-state index in [4.69, 9.17) is 0 Å². The normalized spacial score (nSPS) is 48.3. The first-order valence-corrected chi connectivity index (χ1v) is 5.33. The molecule has 4 unspecified atom stereocenters. The Kier molecular flexibility index (Phi) is 1.44. The lowest BCUT2D eigenvalue weighted by atomic mass is 9.74. The van der Waals surface area contributed by atoms with Crippen LogP contribution in [0, 0.1) is 23.7 Å². The summed E-state index contributed by atoms with van der Waals surface area (Å²) in [6, 6.07) is 0. The van der Waals surface area contributed by atoms with Crippen LogP contribution in [-0.2, 0) is 9.59 Å². The maximum atomic E-state index is 11.6. The van der Waals surface area contributed by atoms with Crippen molar-refractivity contribution in [1.29, 1.82) is 0 Å². The molecule has 0 saturated heterocycles. The average Bonchev–Trinajstić information content (AvgIpc) is 2.59. The Balaban J connectivity index is 1.99. The molecule has 0 aliphatic heterocycles. The summed E-state index contributed by atoms with van der Waals surface area (Å²) < 4.78 is 0. The van der Waals surface area contributed by atoms with Crippen LogP contribution in [0.1, 0.15) is 32.1 Å². The van der Waals surface area contributed by atoms with Crippen molar-refractivity contribution in [3.63, 3.8) is 0 Å². The zero-order valence-corrected chi connectivity index (χ0v) is 7.66. The molecule has 70 valence electrons. The molecule has 2 heteroatoms. The highest BCUT2D eigenvalue weighted by atomic mass is 16.1. The maximum Gasteiger partial charge on any atom is 0.137 e. The molecule has 3 rings (SSSR count). The van der Waals surface area contributed by atoms with Crippen molar-refractivity contribution >= 4 is 11.6 Å². The number of carbonyl (C=O) groups is 2. The summed E-state index contributed by atoms with van der Waals surface area (Å²) in [7, 11) is 0. The first kappa shape index (κ1) is 7.72. The summed E-state index contributed by atoms with van der Waals surface area (Å²) >= 11 is 0. The van der Waals surface area contributed by atoms with Crippen LogP contribution in [0.5, 0.6) is 0 Å². The summed E-state index contributed by atoms with van der Waals surface area (Å²) in [6.45, 7) is 0. The van der Waals surface area contributed by atoms with Gasteiger partial charge in [-0.3, -0.25) is 9.59 Å². The van der Waals surface area contributed by atoms with E-state index in [-0.39, 0.29) is 11.8 Å². The average molecular weight is 178 g/mol. The highest BCUT2D eigenvalue weighted by Gasteiger charge is 2.54. The van der Waals surface area contributed by atoms with Gasteiger partial charge in [0.25, 0.3) is 0 Å². The molecule has 3 aliphatic rings. The zero-order chi connectivity index (χ0) is 9.00. The van der Waals surface area contributed by atoms with Gasteiger partial charge in [-0.2, -0.15) is 0 Å². The molecular weight excluding hydrogens is 164 g/mol. The molecule has 0 amide bonds. The molecule has 4 atom stereocenters. The Bertz CT molecular complexity index is 280. The summed E-state index contributed by atoms with van der Waals surface area (Å²) in [5.74, 6) is 2.22.